The van der Waals surface area contributed by atoms with Gasteiger partial charge in [0.25, 0.3) is 0 Å². The van der Waals surface area contributed by atoms with Gasteiger partial charge < -0.3 is 10.5 Å². The number of benzene rings is 1. The highest BCUT2D eigenvalue weighted by Gasteiger charge is 2.11. The van der Waals surface area contributed by atoms with Crippen LogP contribution in [0.15, 0.2) is 12.1 Å². The predicted molar refractivity (Wildman–Crippen MR) is 64.4 cm³/mol. The van der Waals surface area contributed by atoms with Gasteiger partial charge in [0.15, 0.2) is 0 Å². The first-order chi connectivity index (χ1) is 8.12. The Balaban J connectivity index is 3.03. The van der Waals surface area contributed by atoms with E-state index in [9.17, 15) is 4.79 Å². The van der Waals surface area contributed by atoms with Crippen molar-refractivity contribution in [2.75, 3.05) is 6.61 Å². The first kappa shape index (κ1) is 13.5. The molecule has 0 atom stereocenters. The molecule has 1 aromatic carbocycles. The first-order valence-electron chi connectivity index (χ1n) is 5.19. The molecule has 4 nitrogen and oxygen atoms in total. The third-order valence-electron chi connectivity index (χ3n) is 2.27. The highest BCUT2D eigenvalue weighted by molar-refractivity contribution is 6.31. The summed E-state index contributed by atoms with van der Waals surface area (Å²) in [6, 6.07) is 5.18. The summed E-state index contributed by atoms with van der Waals surface area (Å²) < 4.78 is 4.85. The van der Waals surface area contributed by atoms with Crippen LogP contribution in [0.25, 0.3) is 0 Å². The molecule has 1 rings (SSSR count). The largest absolute Gasteiger partial charge is 0.466 e. The molecule has 5 heteroatoms. The summed E-state index contributed by atoms with van der Waals surface area (Å²) in [5.74, 6) is -0.331. The molecule has 0 spiro atoms. The van der Waals surface area contributed by atoms with Gasteiger partial charge in [0.2, 0.25) is 0 Å². The Morgan fingerprint density at radius 1 is 1.53 bits per heavy atom. The van der Waals surface area contributed by atoms with Crippen molar-refractivity contribution in [3.05, 3.63) is 33.8 Å². The van der Waals surface area contributed by atoms with Crippen LogP contribution in [0.3, 0.4) is 0 Å². The SMILES string of the molecule is CCOC(=O)Cc1cc(Cl)c(C#N)cc1CN. The van der Waals surface area contributed by atoms with Gasteiger partial charge in [0.1, 0.15) is 6.07 Å². The van der Waals surface area contributed by atoms with Gasteiger partial charge in [-0.2, -0.15) is 5.26 Å². The molecule has 0 aromatic heterocycles. The van der Waals surface area contributed by atoms with Crippen LogP contribution in [0.1, 0.15) is 23.6 Å². The van der Waals surface area contributed by atoms with E-state index in [1.165, 1.54) is 0 Å². The second-order valence-electron chi connectivity index (χ2n) is 3.40. The average Bonchev–Trinajstić information content (AvgIpc) is 2.29. The molecule has 2 N–H and O–H groups in total. The number of hydrogen-bond acceptors (Lipinski definition) is 4. The predicted octanol–water partition coefficient (Wildman–Crippen LogP) is 1.78. The number of nitriles is 1. The lowest BCUT2D eigenvalue weighted by Crippen LogP contribution is -2.11. The fraction of sp³-hybridized carbons (Fsp3) is 0.333. The van der Waals surface area contributed by atoms with Crippen LogP contribution in [-0.4, -0.2) is 12.6 Å². The van der Waals surface area contributed by atoms with E-state index in [-0.39, 0.29) is 18.9 Å². The Morgan fingerprint density at radius 3 is 2.76 bits per heavy atom. The van der Waals surface area contributed by atoms with E-state index < -0.39 is 0 Å². The zero-order chi connectivity index (χ0) is 12.8. The van der Waals surface area contributed by atoms with E-state index in [2.05, 4.69) is 0 Å². The molecule has 0 heterocycles. The zero-order valence-corrected chi connectivity index (χ0v) is 10.3. The number of ether oxygens (including phenoxy) is 1. The molecular formula is C12H13ClN2O2. The van der Waals surface area contributed by atoms with Gasteiger partial charge in [-0.05, 0) is 30.2 Å². The maximum Gasteiger partial charge on any atom is 0.310 e. The molecule has 1 aromatic rings. The van der Waals surface area contributed by atoms with Gasteiger partial charge >= 0.3 is 5.97 Å². The molecule has 0 bridgehead atoms. The van der Waals surface area contributed by atoms with E-state index in [1.807, 2.05) is 6.07 Å². The monoisotopic (exact) mass is 252 g/mol. The number of halogens is 1. The quantitative estimate of drug-likeness (QED) is 0.829. The van der Waals surface area contributed by atoms with Crippen LogP contribution in [0.5, 0.6) is 0 Å². The summed E-state index contributed by atoms with van der Waals surface area (Å²) in [4.78, 5) is 11.4. The van der Waals surface area contributed by atoms with Crippen LogP contribution in [0.4, 0.5) is 0 Å². The summed E-state index contributed by atoms with van der Waals surface area (Å²) in [6.45, 7) is 2.33. The van der Waals surface area contributed by atoms with Crippen LogP contribution < -0.4 is 5.73 Å². The van der Waals surface area contributed by atoms with Gasteiger partial charge in [0, 0.05) is 6.54 Å². The lowest BCUT2D eigenvalue weighted by atomic mass is 10.0. The minimum atomic E-state index is -0.331. The first-order valence-corrected chi connectivity index (χ1v) is 5.57. The number of hydrogen-bond donors (Lipinski definition) is 1. The zero-order valence-electron chi connectivity index (χ0n) is 9.50. The highest BCUT2D eigenvalue weighted by atomic mass is 35.5. The van der Waals surface area contributed by atoms with E-state index in [4.69, 9.17) is 27.3 Å². The number of nitrogens with two attached hydrogens (primary N) is 1. The highest BCUT2D eigenvalue weighted by Crippen LogP contribution is 2.21. The summed E-state index contributed by atoms with van der Waals surface area (Å²) in [5.41, 5.74) is 7.37. The Kier molecular flexibility index (Phi) is 4.95. The Morgan fingerprint density at radius 2 is 2.24 bits per heavy atom. The topological polar surface area (TPSA) is 76.1 Å². The minimum Gasteiger partial charge on any atom is -0.466 e. The Bertz CT molecular complexity index is 466. The minimum absolute atomic E-state index is 0.117. The molecule has 17 heavy (non-hydrogen) atoms. The van der Waals surface area contributed by atoms with Crippen molar-refractivity contribution in [2.24, 2.45) is 5.73 Å². The van der Waals surface area contributed by atoms with Crippen molar-refractivity contribution in [3.63, 3.8) is 0 Å². The van der Waals surface area contributed by atoms with Crippen LogP contribution in [0, 0.1) is 11.3 Å². The molecule has 0 unspecified atom stereocenters. The molecule has 0 saturated carbocycles. The molecule has 0 aliphatic rings. The van der Waals surface area contributed by atoms with Crippen LogP contribution in [-0.2, 0) is 22.5 Å². The number of carbonyl (C=O) groups is 1. The van der Waals surface area contributed by atoms with Gasteiger partial charge in [-0.1, -0.05) is 11.6 Å². The number of esters is 1. The van der Waals surface area contributed by atoms with Gasteiger partial charge in [-0.3, -0.25) is 4.79 Å². The average molecular weight is 253 g/mol. The third kappa shape index (κ3) is 3.45. The summed E-state index contributed by atoms with van der Waals surface area (Å²) in [5, 5.41) is 9.15. The second kappa shape index (κ2) is 6.24. The van der Waals surface area contributed by atoms with E-state index in [1.54, 1.807) is 19.1 Å². The molecule has 0 saturated heterocycles. The van der Waals surface area contributed by atoms with E-state index in [0.29, 0.717) is 22.8 Å². The van der Waals surface area contributed by atoms with Gasteiger partial charge in [-0.25, -0.2) is 0 Å². The number of nitrogens with zero attached hydrogens (tertiary/aromatic N) is 1. The van der Waals surface area contributed by atoms with Crippen LogP contribution >= 0.6 is 11.6 Å². The number of rotatable bonds is 4. The normalized spacial score (nSPS) is 9.76. The second-order valence-corrected chi connectivity index (χ2v) is 3.81. The fourth-order valence-electron chi connectivity index (χ4n) is 1.47. The lowest BCUT2D eigenvalue weighted by molar-refractivity contribution is -0.142. The number of carbonyl (C=O) groups excluding carboxylic acids is 1. The Labute approximate surface area is 105 Å². The molecule has 0 aliphatic carbocycles. The molecule has 0 radical (unpaired) electrons. The molecular weight excluding hydrogens is 240 g/mol. The fourth-order valence-corrected chi connectivity index (χ4v) is 1.70. The van der Waals surface area contributed by atoms with Crippen molar-refractivity contribution in [3.8, 4) is 6.07 Å². The lowest BCUT2D eigenvalue weighted by Gasteiger charge is -2.09. The molecule has 0 fully saturated rings. The molecule has 90 valence electrons. The molecule has 0 aliphatic heterocycles. The Hall–Kier alpha value is -1.57. The standard InChI is InChI=1S/C12H13ClN2O2/c1-2-17-12(16)5-8-4-11(13)10(7-15)3-9(8)6-14/h3-4H,2,5-6,14H2,1H3. The maximum absolute atomic E-state index is 11.4. The van der Waals surface area contributed by atoms with Gasteiger partial charge in [0.05, 0.1) is 23.6 Å². The summed E-state index contributed by atoms with van der Waals surface area (Å²) in [7, 11) is 0. The van der Waals surface area contributed by atoms with E-state index >= 15 is 0 Å². The smallest absolute Gasteiger partial charge is 0.310 e. The van der Waals surface area contributed by atoms with Crippen molar-refractivity contribution < 1.29 is 9.53 Å². The van der Waals surface area contributed by atoms with E-state index in [0.717, 1.165) is 5.56 Å². The van der Waals surface area contributed by atoms with Crippen molar-refractivity contribution in [1.82, 2.24) is 0 Å². The molecule has 0 amide bonds. The van der Waals surface area contributed by atoms with Crippen LogP contribution in [0.2, 0.25) is 5.02 Å². The van der Waals surface area contributed by atoms with Crippen molar-refractivity contribution >= 4 is 17.6 Å². The van der Waals surface area contributed by atoms with Crippen molar-refractivity contribution in [2.45, 2.75) is 19.9 Å². The van der Waals surface area contributed by atoms with Gasteiger partial charge in [-0.15, -0.1) is 0 Å². The maximum atomic E-state index is 11.4. The summed E-state index contributed by atoms with van der Waals surface area (Å²) >= 11 is 5.90. The summed E-state index contributed by atoms with van der Waals surface area (Å²) in [6.07, 6.45) is 0.117. The third-order valence-corrected chi connectivity index (χ3v) is 2.58. The van der Waals surface area contributed by atoms with Crippen molar-refractivity contribution in [1.29, 1.82) is 5.26 Å².